The molecule has 0 saturated heterocycles. The van der Waals surface area contributed by atoms with Gasteiger partial charge < -0.3 is 10.8 Å². The molecule has 1 fully saturated rings. The number of nitrogens with two attached hydrogens (primary N) is 1. The molecule has 0 spiro atoms. The van der Waals surface area contributed by atoms with Crippen LogP contribution in [0.4, 0.5) is 13.2 Å². The molecule has 0 radical (unpaired) electrons. The summed E-state index contributed by atoms with van der Waals surface area (Å²) in [6.07, 6.45) is -1.37. The monoisotopic (exact) mass is 351 g/mol. The number of rotatable bonds is 3. The molecular formula is C14H17BrF3NO. The number of aliphatic hydroxyl groups is 1. The molecule has 112 valence electrons. The van der Waals surface area contributed by atoms with Gasteiger partial charge in [-0.3, -0.25) is 0 Å². The van der Waals surface area contributed by atoms with Gasteiger partial charge in [0.2, 0.25) is 0 Å². The second kappa shape index (κ2) is 6.03. The van der Waals surface area contributed by atoms with Gasteiger partial charge in [-0.15, -0.1) is 0 Å². The number of aliphatic hydroxyl groups excluding tert-OH is 1. The molecule has 0 bridgehead atoms. The van der Waals surface area contributed by atoms with Gasteiger partial charge in [0.15, 0.2) is 0 Å². The van der Waals surface area contributed by atoms with Crippen LogP contribution in [0.15, 0.2) is 22.7 Å². The van der Waals surface area contributed by atoms with Crippen LogP contribution >= 0.6 is 15.9 Å². The van der Waals surface area contributed by atoms with Crippen molar-refractivity contribution in [3.63, 3.8) is 0 Å². The maximum absolute atomic E-state index is 12.8. The van der Waals surface area contributed by atoms with Crippen LogP contribution in [0.25, 0.3) is 0 Å². The molecule has 2 nitrogen and oxygen atoms in total. The first kappa shape index (κ1) is 15.8. The summed E-state index contributed by atoms with van der Waals surface area (Å²) in [5.41, 5.74) is 5.52. The lowest BCUT2D eigenvalue weighted by molar-refractivity contribution is -0.137. The molecule has 0 aliphatic heterocycles. The summed E-state index contributed by atoms with van der Waals surface area (Å²) in [6, 6.07) is 2.78. The summed E-state index contributed by atoms with van der Waals surface area (Å²) in [5, 5.41) is 10.2. The summed E-state index contributed by atoms with van der Waals surface area (Å²) in [4.78, 5) is 0. The third kappa shape index (κ3) is 3.54. The molecule has 0 unspecified atom stereocenters. The van der Waals surface area contributed by atoms with Crippen LogP contribution in [0.5, 0.6) is 0 Å². The first-order valence-electron chi connectivity index (χ1n) is 6.60. The second-order valence-electron chi connectivity index (χ2n) is 5.33. The molecule has 2 rings (SSSR count). The van der Waals surface area contributed by atoms with E-state index in [1.807, 2.05) is 0 Å². The van der Waals surface area contributed by atoms with E-state index in [9.17, 15) is 18.3 Å². The highest BCUT2D eigenvalue weighted by atomic mass is 79.9. The third-order valence-electron chi connectivity index (χ3n) is 3.88. The van der Waals surface area contributed by atoms with Gasteiger partial charge in [0.25, 0.3) is 0 Å². The van der Waals surface area contributed by atoms with Crippen LogP contribution in [0.2, 0.25) is 0 Å². The Morgan fingerprint density at radius 1 is 1.20 bits per heavy atom. The predicted molar refractivity (Wildman–Crippen MR) is 74.0 cm³/mol. The molecule has 1 aromatic rings. The summed E-state index contributed by atoms with van der Waals surface area (Å²) < 4.78 is 38.7. The predicted octanol–water partition coefficient (Wildman–Crippen LogP) is 4.02. The molecule has 1 saturated carbocycles. The van der Waals surface area contributed by atoms with Crippen molar-refractivity contribution in [1.82, 2.24) is 0 Å². The van der Waals surface area contributed by atoms with Gasteiger partial charge in [-0.1, -0.05) is 28.8 Å². The minimum absolute atomic E-state index is 0.0818. The summed E-state index contributed by atoms with van der Waals surface area (Å²) in [5.74, 6) is 0.0818. The van der Waals surface area contributed by atoms with Gasteiger partial charge in [0.05, 0.1) is 17.7 Å². The Labute approximate surface area is 124 Å². The topological polar surface area (TPSA) is 46.2 Å². The van der Waals surface area contributed by atoms with Crippen molar-refractivity contribution in [2.75, 3.05) is 0 Å². The fourth-order valence-electron chi connectivity index (χ4n) is 2.76. The van der Waals surface area contributed by atoms with Crippen molar-refractivity contribution in [1.29, 1.82) is 0 Å². The van der Waals surface area contributed by atoms with Crippen LogP contribution in [-0.2, 0) is 6.18 Å². The van der Waals surface area contributed by atoms with Gasteiger partial charge in [0, 0.05) is 4.47 Å². The Morgan fingerprint density at radius 2 is 1.80 bits per heavy atom. The quantitative estimate of drug-likeness (QED) is 0.863. The minimum atomic E-state index is -4.42. The standard InChI is InChI=1S/C14H17BrF3NO/c15-11-6-9(5-10(7-11)14(16,17)18)12(19)13(20)8-3-1-2-4-8/h5-8,12-13,20H,1-4,19H2/t12-,13+/m1/s1. The molecule has 1 aliphatic carbocycles. The Kier molecular flexibility index (Phi) is 4.76. The summed E-state index contributed by atoms with van der Waals surface area (Å²) in [7, 11) is 0. The zero-order valence-corrected chi connectivity index (χ0v) is 12.4. The number of benzene rings is 1. The highest BCUT2D eigenvalue weighted by Crippen LogP contribution is 2.36. The van der Waals surface area contributed by atoms with Crippen LogP contribution in [0.3, 0.4) is 0 Å². The molecule has 3 N–H and O–H groups in total. The number of halogens is 4. The van der Waals surface area contributed by atoms with E-state index in [1.54, 1.807) is 0 Å². The molecular weight excluding hydrogens is 335 g/mol. The Hall–Kier alpha value is -0.590. The summed E-state index contributed by atoms with van der Waals surface area (Å²) in [6.45, 7) is 0. The molecule has 6 heteroatoms. The fourth-order valence-corrected chi connectivity index (χ4v) is 3.27. The van der Waals surface area contributed by atoms with Crippen molar-refractivity contribution in [2.24, 2.45) is 11.7 Å². The Balaban J connectivity index is 2.24. The van der Waals surface area contributed by atoms with E-state index in [4.69, 9.17) is 5.73 Å². The maximum Gasteiger partial charge on any atom is 0.416 e. The molecule has 20 heavy (non-hydrogen) atoms. The molecule has 2 atom stereocenters. The molecule has 1 aromatic carbocycles. The lowest BCUT2D eigenvalue weighted by Crippen LogP contribution is -2.32. The van der Waals surface area contributed by atoms with Crippen molar-refractivity contribution in [2.45, 2.75) is 44.0 Å². The van der Waals surface area contributed by atoms with Gasteiger partial charge in [0.1, 0.15) is 0 Å². The van der Waals surface area contributed by atoms with E-state index in [2.05, 4.69) is 15.9 Å². The molecule has 0 amide bonds. The highest BCUT2D eigenvalue weighted by molar-refractivity contribution is 9.10. The van der Waals surface area contributed by atoms with Crippen LogP contribution < -0.4 is 5.73 Å². The van der Waals surface area contributed by atoms with Crippen molar-refractivity contribution >= 4 is 15.9 Å². The van der Waals surface area contributed by atoms with Gasteiger partial charge in [-0.25, -0.2) is 0 Å². The van der Waals surface area contributed by atoms with E-state index in [-0.39, 0.29) is 5.92 Å². The number of hydrogen-bond acceptors (Lipinski definition) is 2. The highest BCUT2D eigenvalue weighted by Gasteiger charge is 2.33. The zero-order chi connectivity index (χ0) is 14.9. The largest absolute Gasteiger partial charge is 0.416 e. The van der Waals surface area contributed by atoms with E-state index in [1.165, 1.54) is 6.07 Å². The van der Waals surface area contributed by atoms with E-state index < -0.39 is 23.9 Å². The van der Waals surface area contributed by atoms with Gasteiger partial charge in [-0.2, -0.15) is 13.2 Å². The Morgan fingerprint density at radius 3 is 2.35 bits per heavy atom. The minimum Gasteiger partial charge on any atom is -0.391 e. The van der Waals surface area contributed by atoms with Gasteiger partial charge in [-0.05, 0) is 42.5 Å². The van der Waals surface area contributed by atoms with Crippen molar-refractivity contribution in [3.05, 3.63) is 33.8 Å². The number of alkyl halides is 3. The molecule has 1 aliphatic rings. The second-order valence-corrected chi connectivity index (χ2v) is 6.25. The summed E-state index contributed by atoms with van der Waals surface area (Å²) >= 11 is 3.07. The van der Waals surface area contributed by atoms with Crippen molar-refractivity contribution in [3.8, 4) is 0 Å². The number of hydrogen-bond donors (Lipinski definition) is 2. The SMILES string of the molecule is N[C@H](c1cc(Br)cc(C(F)(F)F)c1)[C@@H](O)C1CCCC1. The Bertz CT molecular complexity index is 472. The van der Waals surface area contributed by atoms with Crippen molar-refractivity contribution < 1.29 is 18.3 Å². The molecule has 0 aromatic heterocycles. The fraction of sp³-hybridized carbons (Fsp3) is 0.571. The third-order valence-corrected chi connectivity index (χ3v) is 4.34. The molecule has 0 heterocycles. The maximum atomic E-state index is 12.8. The van der Waals surface area contributed by atoms with Crippen LogP contribution in [0, 0.1) is 5.92 Å². The van der Waals surface area contributed by atoms with Crippen LogP contribution in [-0.4, -0.2) is 11.2 Å². The zero-order valence-electron chi connectivity index (χ0n) is 10.8. The lowest BCUT2D eigenvalue weighted by atomic mass is 9.90. The smallest absolute Gasteiger partial charge is 0.391 e. The van der Waals surface area contributed by atoms with E-state index in [0.29, 0.717) is 10.0 Å². The van der Waals surface area contributed by atoms with Crippen LogP contribution in [0.1, 0.15) is 42.9 Å². The average Bonchev–Trinajstić information content (AvgIpc) is 2.89. The average molecular weight is 352 g/mol. The first-order valence-corrected chi connectivity index (χ1v) is 7.39. The lowest BCUT2D eigenvalue weighted by Gasteiger charge is -2.25. The van der Waals surface area contributed by atoms with E-state index >= 15 is 0 Å². The normalized spacial score (nSPS) is 20.1. The van der Waals surface area contributed by atoms with E-state index in [0.717, 1.165) is 37.8 Å². The van der Waals surface area contributed by atoms with Gasteiger partial charge >= 0.3 is 6.18 Å². The first-order chi connectivity index (χ1) is 9.29.